The fourth-order valence-electron chi connectivity index (χ4n) is 5.82. The number of hydrogen-bond acceptors (Lipinski definition) is 10. The lowest BCUT2D eigenvalue weighted by atomic mass is 10.0. The predicted octanol–water partition coefficient (Wildman–Crippen LogP) is 4.32. The van der Waals surface area contributed by atoms with Crippen LogP contribution in [0.15, 0.2) is 36.7 Å². The van der Waals surface area contributed by atoms with Crippen LogP contribution in [0.3, 0.4) is 0 Å². The third-order valence-corrected chi connectivity index (χ3v) is 8.00. The first-order valence-electron chi connectivity index (χ1n) is 15.9. The topological polar surface area (TPSA) is 164 Å². The van der Waals surface area contributed by atoms with Gasteiger partial charge in [-0.3, -0.25) is 4.68 Å². The highest BCUT2D eigenvalue weighted by Crippen LogP contribution is 2.37. The molecule has 1 amide bonds. The van der Waals surface area contributed by atoms with E-state index >= 15 is 0 Å². The lowest BCUT2D eigenvalue weighted by Crippen LogP contribution is -2.37. The Bertz CT molecular complexity index is 1880. The van der Waals surface area contributed by atoms with Crippen molar-refractivity contribution in [3.63, 3.8) is 0 Å². The predicted molar refractivity (Wildman–Crippen MR) is 175 cm³/mol. The third kappa shape index (κ3) is 6.80. The van der Waals surface area contributed by atoms with Crippen molar-refractivity contribution < 1.29 is 29.2 Å². The molecule has 1 aromatic carbocycles. The Balaban J connectivity index is 1.38. The van der Waals surface area contributed by atoms with E-state index < -0.39 is 11.7 Å². The number of alkyl carbamates (subject to hydrolysis) is 1. The van der Waals surface area contributed by atoms with Crippen molar-refractivity contribution in [2.24, 2.45) is 7.05 Å². The van der Waals surface area contributed by atoms with Gasteiger partial charge in [-0.1, -0.05) is 6.07 Å². The molecule has 0 spiro atoms. The van der Waals surface area contributed by atoms with Crippen molar-refractivity contribution >= 4 is 28.0 Å². The highest BCUT2D eigenvalue weighted by atomic mass is 16.6. The number of aryl methyl sites for hydroxylation is 1. The molecule has 0 bridgehead atoms. The smallest absolute Gasteiger partial charge is 0.407 e. The highest BCUT2D eigenvalue weighted by Gasteiger charge is 2.25. The van der Waals surface area contributed by atoms with Crippen LogP contribution in [0, 0.1) is 0 Å². The third-order valence-electron chi connectivity index (χ3n) is 8.00. The number of hydrogen-bond donors (Lipinski definition) is 3. The molecule has 5 aromatic rings. The molecule has 3 N–H and O–H groups in total. The molecule has 1 saturated heterocycles. The Hall–Kier alpha value is -4.53. The molecule has 14 heteroatoms. The molecule has 6 rings (SSSR count). The summed E-state index contributed by atoms with van der Waals surface area (Å²) in [7, 11) is 1.80. The van der Waals surface area contributed by atoms with Gasteiger partial charge in [-0.15, -0.1) is 0 Å². The maximum atomic E-state index is 12.2. The highest BCUT2D eigenvalue weighted by molar-refractivity contribution is 5.97. The van der Waals surface area contributed by atoms with Gasteiger partial charge in [0.25, 0.3) is 0 Å². The van der Waals surface area contributed by atoms with Crippen molar-refractivity contribution in [1.82, 2.24) is 39.6 Å². The van der Waals surface area contributed by atoms with E-state index in [0.717, 1.165) is 52.2 Å². The maximum Gasteiger partial charge on any atom is 0.407 e. The SMILES string of the molecule is C[C@@H](CNC(=O)OC(C)(C)C)Oc1c(-c2cnc3c(c2)c(-c2ccc4nn(CCO)c(CO)c4c2)nn3C2CCCCO2)cnn1C. The summed E-state index contributed by atoms with van der Waals surface area (Å²) in [5.41, 5.74) is 4.51. The van der Waals surface area contributed by atoms with Crippen LogP contribution in [-0.2, 0) is 29.7 Å². The molecule has 0 radical (unpaired) electrons. The fraction of sp³-hybridized carbons (Fsp3) is 0.485. The first-order chi connectivity index (χ1) is 22.6. The van der Waals surface area contributed by atoms with Gasteiger partial charge in [0.15, 0.2) is 11.9 Å². The zero-order valence-corrected chi connectivity index (χ0v) is 27.4. The standard InChI is InChI=1S/C33H42N8O6/c1-20(16-35-32(44)47-33(2,3)4)46-31-25(18-36-39(31)5)22-15-24-29(38-41(30(24)34-17-22)28-8-6-7-13-45-28)21-9-10-26-23(14-21)27(19-43)40(37-26)11-12-42/h9-10,14-15,17-18,20,28,42-43H,6-8,11-13,16,19H2,1-5H3,(H,35,44)/t20-,28?/m0/s1. The van der Waals surface area contributed by atoms with E-state index in [1.165, 1.54) is 0 Å². The number of aliphatic hydroxyl groups is 2. The molecule has 1 aliphatic rings. The normalized spacial score (nSPS) is 16.1. The van der Waals surface area contributed by atoms with E-state index in [2.05, 4.69) is 15.5 Å². The molecule has 2 atom stereocenters. The maximum absolute atomic E-state index is 12.2. The van der Waals surface area contributed by atoms with Gasteiger partial charge in [-0.25, -0.2) is 19.1 Å². The molecule has 14 nitrogen and oxygen atoms in total. The van der Waals surface area contributed by atoms with E-state index in [4.69, 9.17) is 24.3 Å². The number of nitrogens with zero attached hydrogens (tertiary/aromatic N) is 7. The van der Waals surface area contributed by atoms with Gasteiger partial charge in [0, 0.05) is 41.8 Å². The molecule has 0 aliphatic carbocycles. The number of aromatic nitrogens is 7. The average Bonchev–Trinajstić information content (AvgIpc) is 3.72. The quantitative estimate of drug-likeness (QED) is 0.199. The van der Waals surface area contributed by atoms with Crippen molar-refractivity contribution in [2.75, 3.05) is 19.8 Å². The van der Waals surface area contributed by atoms with Crippen LogP contribution in [0.4, 0.5) is 4.79 Å². The van der Waals surface area contributed by atoms with E-state index in [-0.39, 0.29) is 38.6 Å². The first kappa shape index (κ1) is 32.4. The lowest BCUT2D eigenvalue weighted by molar-refractivity contribution is -0.0368. The number of benzene rings is 1. The second kappa shape index (κ2) is 13.3. The van der Waals surface area contributed by atoms with Gasteiger partial charge in [0.1, 0.15) is 17.4 Å². The van der Waals surface area contributed by atoms with Gasteiger partial charge in [0.05, 0.1) is 49.3 Å². The summed E-state index contributed by atoms with van der Waals surface area (Å²) in [5, 5.41) is 38.1. The Labute approximate surface area is 272 Å². The minimum Gasteiger partial charge on any atom is -0.472 e. The average molecular weight is 647 g/mol. The van der Waals surface area contributed by atoms with Crippen LogP contribution < -0.4 is 10.1 Å². The van der Waals surface area contributed by atoms with Crippen LogP contribution in [0.25, 0.3) is 44.3 Å². The zero-order chi connectivity index (χ0) is 33.3. The van der Waals surface area contributed by atoms with Crippen molar-refractivity contribution in [3.8, 4) is 28.3 Å². The van der Waals surface area contributed by atoms with Crippen LogP contribution >= 0.6 is 0 Å². The molecule has 250 valence electrons. The number of fused-ring (bicyclic) bond motifs is 2. The van der Waals surface area contributed by atoms with Crippen molar-refractivity contribution in [3.05, 3.63) is 42.4 Å². The number of rotatable bonds is 10. The van der Waals surface area contributed by atoms with Crippen molar-refractivity contribution in [1.29, 1.82) is 0 Å². The number of amides is 1. The molecular weight excluding hydrogens is 604 g/mol. The molecule has 5 heterocycles. The van der Waals surface area contributed by atoms with Gasteiger partial charge in [-0.05, 0) is 65.2 Å². The van der Waals surface area contributed by atoms with Crippen molar-refractivity contribution in [2.45, 2.75) is 78.0 Å². The van der Waals surface area contributed by atoms with Crippen LogP contribution in [0.2, 0.25) is 0 Å². The van der Waals surface area contributed by atoms with Gasteiger partial charge < -0.3 is 29.7 Å². The molecule has 1 aliphatic heterocycles. The number of nitrogens with one attached hydrogen (secondary N) is 1. The summed E-state index contributed by atoms with van der Waals surface area (Å²) in [6.07, 6.45) is 5.26. The second-order valence-corrected chi connectivity index (χ2v) is 12.8. The van der Waals surface area contributed by atoms with Crippen LogP contribution in [-0.4, -0.2) is 82.1 Å². The molecule has 1 fully saturated rings. The van der Waals surface area contributed by atoms with E-state index in [1.54, 1.807) is 28.8 Å². The summed E-state index contributed by atoms with van der Waals surface area (Å²) in [5.74, 6) is 0.527. The van der Waals surface area contributed by atoms with Crippen LogP contribution in [0.1, 0.15) is 58.9 Å². The number of carbonyl (C=O) groups excluding carboxylic acids is 1. The van der Waals surface area contributed by atoms with E-state index in [1.807, 2.05) is 56.6 Å². The molecule has 1 unspecified atom stereocenters. The Kier molecular flexibility index (Phi) is 9.17. The largest absolute Gasteiger partial charge is 0.472 e. The summed E-state index contributed by atoms with van der Waals surface area (Å²) in [4.78, 5) is 17.1. The Morgan fingerprint density at radius 3 is 2.66 bits per heavy atom. The van der Waals surface area contributed by atoms with Gasteiger partial charge in [0.2, 0.25) is 5.88 Å². The minimum atomic E-state index is -0.598. The number of aliphatic hydroxyl groups excluding tert-OH is 2. The van der Waals surface area contributed by atoms with E-state index in [9.17, 15) is 15.0 Å². The molecular formula is C33H42N8O6. The molecule has 4 aromatic heterocycles. The summed E-state index contributed by atoms with van der Waals surface area (Å²) >= 11 is 0. The van der Waals surface area contributed by atoms with Crippen LogP contribution in [0.5, 0.6) is 5.88 Å². The van der Waals surface area contributed by atoms with Gasteiger partial charge >= 0.3 is 6.09 Å². The summed E-state index contributed by atoms with van der Waals surface area (Å²) in [6, 6.07) is 7.86. The monoisotopic (exact) mass is 646 g/mol. The number of pyridine rings is 1. The molecule has 47 heavy (non-hydrogen) atoms. The Morgan fingerprint density at radius 1 is 1.13 bits per heavy atom. The Morgan fingerprint density at radius 2 is 1.94 bits per heavy atom. The molecule has 0 saturated carbocycles. The first-order valence-corrected chi connectivity index (χ1v) is 15.9. The number of carbonyl (C=O) groups is 1. The zero-order valence-electron chi connectivity index (χ0n) is 27.4. The lowest BCUT2D eigenvalue weighted by Gasteiger charge is -2.23. The summed E-state index contributed by atoms with van der Waals surface area (Å²) in [6.45, 7) is 8.19. The number of ether oxygens (including phenoxy) is 3. The van der Waals surface area contributed by atoms with Gasteiger partial charge in [-0.2, -0.15) is 15.3 Å². The van der Waals surface area contributed by atoms with E-state index in [0.29, 0.717) is 29.5 Å². The fourth-order valence-corrected chi connectivity index (χ4v) is 5.82. The second-order valence-electron chi connectivity index (χ2n) is 12.8. The minimum absolute atomic E-state index is 0.0855. The summed E-state index contributed by atoms with van der Waals surface area (Å²) < 4.78 is 22.9.